The van der Waals surface area contributed by atoms with Crippen LogP contribution in [0, 0.1) is 0 Å². The standard InChI is InChI=1S/C21H51BrSi4/c1-23(2,3)15-11-19-26(18-10-14-22,20-12-16-24(4,5)6)21-13-17-25(7,8)9/h10-21H2,1-9H3. The fraction of sp³-hybridized carbons (Fsp3) is 1.00. The molecule has 0 atom stereocenters. The van der Waals surface area contributed by atoms with E-state index in [1.165, 1.54) is 11.8 Å². The number of hydrogen-bond acceptors (Lipinski definition) is 0. The average molecular weight is 496 g/mol. The Morgan fingerprint density at radius 1 is 0.423 bits per heavy atom. The van der Waals surface area contributed by atoms with Gasteiger partial charge in [0.05, 0.1) is 8.07 Å². The summed E-state index contributed by atoms with van der Waals surface area (Å²) in [7, 11) is -3.73. The zero-order chi connectivity index (χ0) is 20.5. The first-order valence-electron chi connectivity index (χ1n) is 11.2. The quantitative estimate of drug-likeness (QED) is 0.157. The molecule has 0 nitrogen and oxygen atoms in total. The van der Waals surface area contributed by atoms with Gasteiger partial charge in [-0.1, -0.05) is 136 Å². The van der Waals surface area contributed by atoms with Crippen molar-refractivity contribution in [3.8, 4) is 0 Å². The maximum Gasteiger partial charge on any atom is 0.0535 e. The highest BCUT2D eigenvalue weighted by molar-refractivity contribution is 9.09. The zero-order valence-corrected chi connectivity index (χ0v) is 25.4. The SMILES string of the molecule is C[Si](C)(C)CCC[Si](CCCBr)(CCC[Si](C)(C)C)CCC[Si](C)(C)C. The maximum atomic E-state index is 3.74. The molecule has 0 spiro atoms. The predicted molar refractivity (Wildman–Crippen MR) is 142 cm³/mol. The molecule has 158 valence electrons. The van der Waals surface area contributed by atoms with Crippen LogP contribution in [0.1, 0.15) is 25.7 Å². The summed E-state index contributed by atoms with van der Waals surface area (Å²) in [5, 5.41) is 1.22. The summed E-state index contributed by atoms with van der Waals surface area (Å²) in [5.41, 5.74) is 0. The van der Waals surface area contributed by atoms with Gasteiger partial charge in [0.15, 0.2) is 0 Å². The number of alkyl halides is 1. The number of rotatable bonds is 15. The van der Waals surface area contributed by atoms with Gasteiger partial charge in [-0.05, 0) is 6.42 Å². The van der Waals surface area contributed by atoms with Crippen LogP contribution < -0.4 is 0 Å². The van der Waals surface area contributed by atoms with Crippen molar-refractivity contribution in [3.63, 3.8) is 0 Å². The van der Waals surface area contributed by atoms with Crippen molar-refractivity contribution in [1.29, 1.82) is 0 Å². The highest BCUT2D eigenvalue weighted by atomic mass is 79.9. The highest BCUT2D eigenvalue weighted by Crippen LogP contribution is 2.36. The van der Waals surface area contributed by atoms with Gasteiger partial charge in [0.25, 0.3) is 0 Å². The van der Waals surface area contributed by atoms with Crippen molar-refractivity contribution >= 4 is 48.2 Å². The lowest BCUT2D eigenvalue weighted by molar-refractivity contribution is 0.870. The van der Waals surface area contributed by atoms with Crippen LogP contribution in [0.5, 0.6) is 0 Å². The molecule has 26 heavy (non-hydrogen) atoms. The van der Waals surface area contributed by atoms with Crippen molar-refractivity contribution in [1.82, 2.24) is 0 Å². The molecule has 0 saturated heterocycles. The van der Waals surface area contributed by atoms with E-state index >= 15 is 0 Å². The second-order valence-corrected chi connectivity index (χ2v) is 35.2. The molecule has 0 fully saturated rings. The Morgan fingerprint density at radius 2 is 0.692 bits per heavy atom. The average Bonchev–Trinajstić information content (AvgIpc) is 2.40. The minimum atomic E-state index is -1.08. The van der Waals surface area contributed by atoms with Gasteiger partial charge < -0.3 is 0 Å². The smallest absolute Gasteiger partial charge is 0.0535 e. The molecule has 0 aliphatic heterocycles. The molecule has 0 aliphatic carbocycles. The monoisotopic (exact) mass is 494 g/mol. The molecule has 0 bridgehead atoms. The fourth-order valence-electron chi connectivity index (χ4n) is 4.17. The predicted octanol–water partition coefficient (Wildman–Crippen LogP) is 9.41. The maximum absolute atomic E-state index is 3.74. The summed E-state index contributed by atoms with van der Waals surface area (Å²) in [6.45, 7) is 23.0. The van der Waals surface area contributed by atoms with Crippen molar-refractivity contribution in [2.24, 2.45) is 0 Å². The van der Waals surface area contributed by atoms with Crippen LogP contribution in [-0.4, -0.2) is 37.6 Å². The zero-order valence-electron chi connectivity index (χ0n) is 19.9. The molecule has 0 aliphatic rings. The summed E-state index contributed by atoms with van der Waals surface area (Å²) in [4.78, 5) is 0. The second kappa shape index (κ2) is 12.1. The van der Waals surface area contributed by atoms with Crippen LogP contribution in [0.15, 0.2) is 0 Å². The van der Waals surface area contributed by atoms with Gasteiger partial charge in [-0.15, -0.1) is 0 Å². The van der Waals surface area contributed by atoms with Crippen LogP contribution in [0.4, 0.5) is 0 Å². The molecular formula is C21H51BrSi4. The third-order valence-electron chi connectivity index (χ3n) is 5.74. The summed E-state index contributed by atoms with van der Waals surface area (Å²) in [6, 6.07) is 11.2. The molecule has 0 aromatic carbocycles. The first-order valence-corrected chi connectivity index (χ1v) is 26.3. The lowest BCUT2D eigenvalue weighted by Gasteiger charge is -2.35. The first kappa shape index (κ1) is 27.3. The van der Waals surface area contributed by atoms with Crippen LogP contribution in [0.25, 0.3) is 0 Å². The fourth-order valence-corrected chi connectivity index (χ4v) is 15.0. The molecule has 0 rings (SSSR count). The minimum Gasteiger partial charge on any atom is -0.0928 e. The Labute approximate surface area is 179 Å². The molecule has 0 radical (unpaired) electrons. The number of halogens is 1. The Kier molecular flexibility index (Phi) is 12.8. The van der Waals surface area contributed by atoms with Crippen molar-refractivity contribution in [2.45, 2.75) is 127 Å². The largest absolute Gasteiger partial charge is 0.0928 e. The lowest BCUT2D eigenvalue weighted by atomic mass is 10.5. The van der Waals surface area contributed by atoms with E-state index in [4.69, 9.17) is 0 Å². The molecule has 5 heteroatoms. The van der Waals surface area contributed by atoms with Gasteiger partial charge in [0.2, 0.25) is 0 Å². The first-order chi connectivity index (χ1) is 11.7. The highest BCUT2D eigenvalue weighted by Gasteiger charge is 2.32. The third kappa shape index (κ3) is 16.3. The van der Waals surface area contributed by atoms with Crippen LogP contribution >= 0.6 is 15.9 Å². The summed E-state index contributed by atoms with van der Waals surface area (Å²) in [5.74, 6) is 0. The molecule has 0 amide bonds. The summed E-state index contributed by atoms with van der Waals surface area (Å²) >= 11 is 3.74. The molecule has 0 N–H and O–H groups in total. The topological polar surface area (TPSA) is 0 Å². The lowest BCUT2D eigenvalue weighted by Crippen LogP contribution is -2.36. The number of hydrogen-bond donors (Lipinski definition) is 0. The van der Waals surface area contributed by atoms with E-state index in [9.17, 15) is 0 Å². The van der Waals surface area contributed by atoms with Crippen LogP contribution in [-0.2, 0) is 0 Å². The van der Waals surface area contributed by atoms with Gasteiger partial charge >= 0.3 is 0 Å². The van der Waals surface area contributed by atoms with Crippen molar-refractivity contribution in [3.05, 3.63) is 0 Å². The van der Waals surface area contributed by atoms with E-state index in [1.54, 1.807) is 61.6 Å². The minimum absolute atomic E-state index is 0.884. The molecule has 0 unspecified atom stereocenters. The summed E-state index contributed by atoms with van der Waals surface area (Å²) < 4.78 is 0. The molecule has 0 aromatic rings. The molecule has 0 saturated carbocycles. The van der Waals surface area contributed by atoms with Gasteiger partial charge in [-0.2, -0.15) is 0 Å². The third-order valence-corrected chi connectivity index (χ3v) is 17.5. The molecule has 0 aromatic heterocycles. The van der Waals surface area contributed by atoms with Crippen LogP contribution in [0.3, 0.4) is 0 Å². The van der Waals surface area contributed by atoms with E-state index in [0.29, 0.717) is 0 Å². The van der Waals surface area contributed by atoms with Crippen molar-refractivity contribution in [2.75, 3.05) is 5.33 Å². The Balaban J connectivity index is 5.01. The Bertz CT molecular complexity index is 313. The van der Waals surface area contributed by atoms with Gasteiger partial charge in [-0.3, -0.25) is 0 Å². The Hall–Kier alpha value is 1.35. The van der Waals surface area contributed by atoms with Crippen molar-refractivity contribution < 1.29 is 0 Å². The summed E-state index contributed by atoms with van der Waals surface area (Å²) in [6.07, 6.45) is 6.07. The van der Waals surface area contributed by atoms with E-state index in [0.717, 1.165) is 0 Å². The van der Waals surface area contributed by atoms with E-state index < -0.39 is 32.3 Å². The van der Waals surface area contributed by atoms with E-state index in [-0.39, 0.29) is 0 Å². The van der Waals surface area contributed by atoms with Crippen LogP contribution in [0.2, 0.25) is 101 Å². The van der Waals surface area contributed by atoms with Gasteiger partial charge in [0.1, 0.15) is 0 Å². The van der Waals surface area contributed by atoms with Gasteiger partial charge in [-0.25, -0.2) is 0 Å². The van der Waals surface area contributed by atoms with E-state index in [2.05, 4.69) is 74.9 Å². The van der Waals surface area contributed by atoms with E-state index in [1.807, 2.05) is 0 Å². The molecule has 0 heterocycles. The molecular weight excluding hydrogens is 444 g/mol. The Morgan fingerprint density at radius 3 is 0.923 bits per heavy atom. The van der Waals surface area contributed by atoms with Gasteiger partial charge in [0, 0.05) is 29.6 Å². The second-order valence-electron chi connectivity index (χ2n) is 12.5. The normalized spacial score (nSPS) is 14.1.